The van der Waals surface area contributed by atoms with Gasteiger partial charge in [-0.2, -0.15) is 0 Å². The molecule has 1 unspecified atom stereocenters. The lowest BCUT2D eigenvalue weighted by atomic mass is 10.1. The number of piperazine rings is 1. The number of carbonyl (C=O) groups is 1. The van der Waals surface area contributed by atoms with Crippen LogP contribution in [0.2, 0.25) is 10.0 Å². The third-order valence-electron chi connectivity index (χ3n) is 4.81. The summed E-state index contributed by atoms with van der Waals surface area (Å²) >= 11 is 12.1. The van der Waals surface area contributed by atoms with Crippen molar-refractivity contribution < 1.29 is 9.72 Å². The number of hydrogen-bond donors (Lipinski definition) is 1. The van der Waals surface area contributed by atoms with Gasteiger partial charge in [0.15, 0.2) is 0 Å². The van der Waals surface area contributed by atoms with Gasteiger partial charge in [0.05, 0.1) is 15.0 Å². The maximum atomic E-state index is 12.9. The highest BCUT2D eigenvalue weighted by Crippen LogP contribution is 2.28. The van der Waals surface area contributed by atoms with E-state index in [0.717, 1.165) is 25.3 Å². The van der Waals surface area contributed by atoms with Crippen molar-refractivity contribution in [3.63, 3.8) is 0 Å². The Kier molecular flexibility index (Phi) is 6.39. The van der Waals surface area contributed by atoms with Gasteiger partial charge >= 0.3 is 0 Å². The van der Waals surface area contributed by atoms with E-state index in [-0.39, 0.29) is 17.6 Å². The molecule has 3 rings (SSSR count). The van der Waals surface area contributed by atoms with Crippen molar-refractivity contribution in [3.05, 3.63) is 62.6 Å². The fraction of sp³-hybridized carbons (Fsp3) is 0.316. The molecule has 9 heteroatoms. The van der Waals surface area contributed by atoms with Gasteiger partial charge in [0.2, 0.25) is 5.91 Å². The highest BCUT2D eigenvalue weighted by atomic mass is 35.5. The zero-order valence-electron chi connectivity index (χ0n) is 15.3. The number of nitro groups is 1. The van der Waals surface area contributed by atoms with Gasteiger partial charge < -0.3 is 10.2 Å². The average Bonchev–Trinajstić information content (AvgIpc) is 2.70. The Morgan fingerprint density at radius 3 is 2.50 bits per heavy atom. The number of rotatable bonds is 5. The van der Waals surface area contributed by atoms with E-state index in [1.165, 1.54) is 24.3 Å². The van der Waals surface area contributed by atoms with Crippen LogP contribution in [0.1, 0.15) is 6.92 Å². The first kappa shape index (κ1) is 20.4. The molecular formula is C19H20Cl2N4O3. The molecule has 0 radical (unpaired) electrons. The topological polar surface area (TPSA) is 78.7 Å². The number of halogens is 2. The summed E-state index contributed by atoms with van der Waals surface area (Å²) in [6.45, 7) is 4.77. The van der Waals surface area contributed by atoms with E-state index >= 15 is 0 Å². The molecule has 28 heavy (non-hydrogen) atoms. The zero-order chi connectivity index (χ0) is 20.3. The summed E-state index contributed by atoms with van der Waals surface area (Å²) < 4.78 is 0. The van der Waals surface area contributed by atoms with Crippen LogP contribution in [0.25, 0.3) is 0 Å². The molecule has 0 saturated carbocycles. The molecule has 2 aromatic rings. The van der Waals surface area contributed by atoms with Gasteiger partial charge in [-0.15, -0.1) is 0 Å². The minimum atomic E-state index is -0.472. The number of non-ortho nitro benzene ring substituents is 1. The summed E-state index contributed by atoms with van der Waals surface area (Å²) in [5.41, 5.74) is 1.42. The quantitative estimate of drug-likeness (QED) is 0.580. The minimum absolute atomic E-state index is 0.0170. The first-order chi connectivity index (χ1) is 13.4. The molecule has 1 aliphatic rings. The molecular weight excluding hydrogens is 403 g/mol. The maximum absolute atomic E-state index is 12.9. The predicted molar refractivity (Wildman–Crippen MR) is 111 cm³/mol. The number of anilines is 2. The van der Waals surface area contributed by atoms with E-state index in [0.29, 0.717) is 22.3 Å². The normalized spacial score (nSPS) is 17.4. The molecule has 148 valence electrons. The SMILES string of the molecule is CCN1CCN(c2ccc(Cl)c(Cl)c2)CC1C(=O)Nc1ccc([N+](=O)[O-])cc1. The number of nitrogens with zero attached hydrogens (tertiary/aromatic N) is 3. The second-order valence-electron chi connectivity index (χ2n) is 6.48. The van der Waals surface area contributed by atoms with Gasteiger partial charge in [-0.05, 0) is 36.9 Å². The fourth-order valence-corrected chi connectivity index (χ4v) is 3.55. The molecule has 0 bridgehead atoms. The van der Waals surface area contributed by atoms with Crippen LogP contribution in [0.15, 0.2) is 42.5 Å². The van der Waals surface area contributed by atoms with Gasteiger partial charge in [-0.1, -0.05) is 30.1 Å². The number of hydrogen-bond acceptors (Lipinski definition) is 5. The Hall–Kier alpha value is -2.35. The van der Waals surface area contributed by atoms with Crippen LogP contribution in [0.3, 0.4) is 0 Å². The van der Waals surface area contributed by atoms with Crippen molar-refractivity contribution in [2.45, 2.75) is 13.0 Å². The Balaban J connectivity index is 1.74. The van der Waals surface area contributed by atoms with Crippen LogP contribution in [-0.4, -0.2) is 48.0 Å². The van der Waals surface area contributed by atoms with E-state index in [1.54, 1.807) is 12.1 Å². The van der Waals surface area contributed by atoms with Crippen molar-refractivity contribution in [2.75, 3.05) is 36.4 Å². The summed E-state index contributed by atoms with van der Waals surface area (Å²) in [5, 5.41) is 14.6. The highest BCUT2D eigenvalue weighted by Gasteiger charge is 2.32. The third-order valence-corrected chi connectivity index (χ3v) is 5.55. The molecule has 2 aromatic carbocycles. The van der Waals surface area contributed by atoms with Crippen LogP contribution < -0.4 is 10.2 Å². The fourth-order valence-electron chi connectivity index (χ4n) is 3.26. The van der Waals surface area contributed by atoms with E-state index in [1.807, 2.05) is 13.0 Å². The Morgan fingerprint density at radius 1 is 1.18 bits per heavy atom. The van der Waals surface area contributed by atoms with E-state index in [9.17, 15) is 14.9 Å². The second kappa shape index (κ2) is 8.77. The largest absolute Gasteiger partial charge is 0.368 e. The number of amides is 1. The smallest absolute Gasteiger partial charge is 0.269 e. The summed E-state index contributed by atoms with van der Waals surface area (Å²) in [7, 11) is 0. The van der Waals surface area contributed by atoms with Crippen molar-refractivity contribution in [1.82, 2.24) is 4.90 Å². The molecule has 1 heterocycles. The van der Waals surface area contributed by atoms with E-state index < -0.39 is 4.92 Å². The monoisotopic (exact) mass is 422 g/mol. The van der Waals surface area contributed by atoms with E-state index in [2.05, 4.69) is 15.1 Å². The van der Waals surface area contributed by atoms with Crippen molar-refractivity contribution >= 4 is 46.2 Å². The Labute approximate surface area is 173 Å². The first-order valence-corrected chi connectivity index (χ1v) is 9.64. The second-order valence-corrected chi connectivity index (χ2v) is 7.30. The van der Waals surface area contributed by atoms with Crippen LogP contribution in [-0.2, 0) is 4.79 Å². The number of likely N-dealkylation sites (N-methyl/N-ethyl adjacent to an activating group) is 1. The minimum Gasteiger partial charge on any atom is -0.368 e. The molecule has 1 amide bonds. The standard InChI is InChI=1S/C19H20Cl2N4O3/c1-2-23-9-10-24(15-7-8-16(20)17(21)11-15)12-18(23)19(26)22-13-3-5-14(6-4-13)25(27)28/h3-8,11,18H,2,9-10,12H2,1H3,(H,22,26). The lowest BCUT2D eigenvalue weighted by Gasteiger charge is -2.41. The average molecular weight is 423 g/mol. The lowest BCUT2D eigenvalue weighted by Crippen LogP contribution is -2.57. The molecule has 0 aromatic heterocycles. The highest BCUT2D eigenvalue weighted by molar-refractivity contribution is 6.42. The molecule has 0 aliphatic carbocycles. The number of nitro benzene ring substituents is 1. The van der Waals surface area contributed by atoms with Gasteiger partial charge in [-0.3, -0.25) is 19.8 Å². The summed E-state index contributed by atoms with van der Waals surface area (Å²) in [4.78, 5) is 27.4. The Morgan fingerprint density at radius 2 is 1.89 bits per heavy atom. The van der Waals surface area contributed by atoms with Crippen LogP contribution in [0.5, 0.6) is 0 Å². The summed E-state index contributed by atoms with van der Waals surface area (Å²) in [6.07, 6.45) is 0. The van der Waals surface area contributed by atoms with Gasteiger partial charge in [0.1, 0.15) is 6.04 Å². The van der Waals surface area contributed by atoms with Crippen LogP contribution >= 0.6 is 23.2 Å². The first-order valence-electron chi connectivity index (χ1n) is 8.88. The molecule has 7 nitrogen and oxygen atoms in total. The van der Waals surface area contributed by atoms with E-state index in [4.69, 9.17) is 23.2 Å². The maximum Gasteiger partial charge on any atom is 0.269 e. The van der Waals surface area contributed by atoms with Gasteiger partial charge in [0, 0.05) is 43.1 Å². The number of nitrogens with one attached hydrogen (secondary N) is 1. The van der Waals surface area contributed by atoms with Crippen molar-refractivity contribution in [2.24, 2.45) is 0 Å². The molecule has 1 aliphatic heterocycles. The van der Waals surface area contributed by atoms with Gasteiger partial charge in [0.25, 0.3) is 5.69 Å². The number of carbonyl (C=O) groups excluding carboxylic acids is 1. The molecule has 1 fully saturated rings. The lowest BCUT2D eigenvalue weighted by molar-refractivity contribution is -0.384. The summed E-state index contributed by atoms with van der Waals surface area (Å²) in [6, 6.07) is 10.9. The van der Waals surface area contributed by atoms with Crippen molar-refractivity contribution in [3.8, 4) is 0 Å². The third kappa shape index (κ3) is 4.55. The predicted octanol–water partition coefficient (Wildman–Crippen LogP) is 4.05. The summed E-state index contributed by atoms with van der Waals surface area (Å²) in [5.74, 6) is -0.152. The van der Waals surface area contributed by atoms with Crippen LogP contribution in [0, 0.1) is 10.1 Å². The Bertz CT molecular complexity index is 876. The molecule has 1 atom stereocenters. The van der Waals surface area contributed by atoms with Crippen molar-refractivity contribution in [1.29, 1.82) is 0 Å². The number of benzene rings is 2. The van der Waals surface area contributed by atoms with Gasteiger partial charge in [-0.25, -0.2) is 0 Å². The molecule has 0 spiro atoms. The molecule has 1 saturated heterocycles. The van der Waals surface area contributed by atoms with Crippen LogP contribution in [0.4, 0.5) is 17.1 Å². The zero-order valence-corrected chi connectivity index (χ0v) is 16.8. The molecule has 1 N–H and O–H groups in total.